The number of aromatic nitrogens is 1. The number of nitrogens with zero attached hydrogens (tertiary/aromatic N) is 1. The van der Waals surface area contributed by atoms with Crippen LogP contribution in [0.4, 0.5) is 0 Å². The highest BCUT2D eigenvalue weighted by Gasteiger charge is 2.39. The van der Waals surface area contributed by atoms with Crippen LogP contribution in [0, 0.1) is 0 Å². The lowest BCUT2D eigenvalue weighted by molar-refractivity contribution is -0.127. The number of hydrogen-bond acceptors (Lipinski definition) is 4. The Kier molecular flexibility index (Phi) is 4.93. The normalized spacial score (nSPS) is 24.3. The van der Waals surface area contributed by atoms with E-state index in [1.807, 2.05) is 11.6 Å². The lowest BCUT2D eigenvalue weighted by Gasteiger charge is -2.28. The fourth-order valence-electron chi connectivity index (χ4n) is 2.73. The first-order chi connectivity index (χ1) is 9.18. The van der Waals surface area contributed by atoms with Crippen LogP contribution in [0.1, 0.15) is 50.5 Å². The Balaban J connectivity index is 1.89. The molecular formula is C14H23N3OS. The molecule has 2 N–H and O–H groups in total. The fourth-order valence-corrected chi connectivity index (χ4v) is 3.43. The van der Waals surface area contributed by atoms with Gasteiger partial charge in [-0.25, -0.2) is 4.98 Å². The first-order valence-electron chi connectivity index (χ1n) is 7.10. The van der Waals surface area contributed by atoms with E-state index < -0.39 is 0 Å². The van der Waals surface area contributed by atoms with Gasteiger partial charge in [-0.05, 0) is 25.8 Å². The Morgan fingerprint density at radius 3 is 3.11 bits per heavy atom. The summed E-state index contributed by atoms with van der Waals surface area (Å²) in [7, 11) is 0. The zero-order valence-electron chi connectivity index (χ0n) is 11.7. The van der Waals surface area contributed by atoms with Crippen LogP contribution in [0.2, 0.25) is 0 Å². The van der Waals surface area contributed by atoms with E-state index in [1.54, 1.807) is 11.3 Å². The summed E-state index contributed by atoms with van der Waals surface area (Å²) >= 11 is 1.65. The molecule has 19 heavy (non-hydrogen) atoms. The van der Waals surface area contributed by atoms with Crippen molar-refractivity contribution >= 4 is 17.2 Å². The van der Waals surface area contributed by atoms with Gasteiger partial charge in [0.15, 0.2) is 0 Å². The first kappa shape index (κ1) is 14.5. The van der Waals surface area contributed by atoms with Crippen molar-refractivity contribution in [3.63, 3.8) is 0 Å². The van der Waals surface area contributed by atoms with Gasteiger partial charge in [0.05, 0.1) is 10.5 Å². The van der Waals surface area contributed by atoms with Gasteiger partial charge in [0, 0.05) is 24.0 Å². The molecule has 1 aliphatic rings. The van der Waals surface area contributed by atoms with Gasteiger partial charge < -0.3 is 10.6 Å². The number of thiazole rings is 1. The molecule has 0 bridgehead atoms. The minimum atomic E-state index is -0.322. The highest BCUT2D eigenvalue weighted by atomic mass is 32.1. The molecule has 4 nitrogen and oxygen atoms in total. The van der Waals surface area contributed by atoms with Crippen LogP contribution in [-0.4, -0.2) is 29.5 Å². The molecule has 2 rings (SSSR count). The molecule has 1 saturated heterocycles. The molecule has 1 aromatic heterocycles. The van der Waals surface area contributed by atoms with Gasteiger partial charge >= 0.3 is 0 Å². The van der Waals surface area contributed by atoms with Crippen molar-refractivity contribution in [2.75, 3.05) is 13.1 Å². The van der Waals surface area contributed by atoms with Crippen molar-refractivity contribution in [3.8, 4) is 0 Å². The maximum atomic E-state index is 12.4. The molecule has 0 saturated carbocycles. The van der Waals surface area contributed by atoms with Crippen LogP contribution in [0.5, 0.6) is 0 Å². The van der Waals surface area contributed by atoms with Gasteiger partial charge in [-0.15, -0.1) is 11.3 Å². The third-order valence-electron chi connectivity index (χ3n) is 3.80. The van der Waals surface area contributed by atoms with Crippen LogP contribution in [-0.2, 0) is 4.79 Å². The summed E-state index contributed by atoms with van der Waals surface area (Å²) in [5.41, 5.74) is -0.322. The second kappa shape index (κ2) is 6.48. The lowest BCUT2D eigenvalue weighted by Crippen LogP contribution is -2.53. The molecule has 2 atom stereocenters. The molecule has 2 heterocycles. The molecule has 1 fully saturated rings. The quantitative estimate of drug-likeness (QED) is 0.841. The minimum Gasteiger partial charge on any atom is -0.354 e. The van der Waals surface area contributed by atoms with E-state index in [-0.39, 0.29) is 17.4 Å². The number of hydrogen-bond donors (Lipinski definition) is 2. The number of nitrogens with one attached hydrogen (secondary N) is 2. The number of rotatable bonds is 6. The molecule has 1 amide bonds. The average molecular weight is 281 g/mol. The van der Waals surface area contributed by atoms with E-state index in [4.69, 9.17) is 0 Å². The number of carbonyl (C=O) groups excluding carboxylic acids is 1. The van der Waals surface area contributed by atoms with E-state index in [9.17, 15) is 4.79 Å². The van der Waals surface area contributed by atoms with Gasteiger partial charge in [-0.3, -0.25) is 4.79 Å². The van der Waals surface area contributed by atoms with Crippen molar-refractivity contribution in [1.82, 2.24) is 15.6 Å². The first-order valence-corrected chi connectivity index (χ1v) is 7.98. The molecule has 1 aromatic rings. The van der Waals surface area contributed by atoms with Crippen molar-refractivity contribution in [2.24, 2.45) is 0 Å². The molecule has 5 heteroatoms. The van der Waals surface area contributed by atoms with Crippen LogP contribution in [0.25, 0.3) is 0 Å². The van der Waals surface area contributed by atoms with Crippen molar-refractivity contribution in [3.05, 3.63) is 16.6 Å². The summed E-state index contributed by atoms with van der Waals surface area (Å²) in [5.74, 6) is 0.444. The molecule has 0 radical (unpaired) electrons. The van der Waals surface area contributed by atoms with Crippen LogP contribution >= 0.6 is 11.3 Å². The summed E-state index contributed by atoms with van der Waals surface area (Å²) in [5, 5.41) is 9.57. The van der Waals surface area contributed by atoms with Gasteiger partial charge in [-0.2, -0.15) is 0 Å². The Hall–Kier alpha value is -0.940. The summed E-state index contributed by atoms with van der Waals surface area (Å²) in [6, 6.07) is 0. The fraction of sp³-hybridized carbons (Fsp3) is 0.714. The predicted octanol–water partition coefficient (Wildman–Crippen LogP) is 2.29. The maximum absolute atomic E-state index is 12.4. The SMILES string of the molecule is CCCC1(C(=O)NCC(C)c2nccs2)CCCN1. The molecule has 2 unspecified atom stereocenters. The second-order valence-corrected chi connectivity index (χ2v) is 6.27. The molecule has 1 aliphatic heterocycles. The van der Waals surface area contributed by atoms with Crippen LogP contribution in [0.15, 0.2) is 11.6 Å². The van der Waals surface area contributed by atoms with Gasteiger partial charge in [0.2, 0.25) is 5.91 Å². The van der Waals surface area contributed by atoms with Crippen molar-refractivity contribution in [2.45, 2.75) is 51.0 Å². The summed E-state index contributed by atoms with van der Waals surface area (Å²) < 4.78 is 0. The zero-order valence-corrected chi connectivity index (χ0v) is 12.6. The highest BCUT2D eigenvalue weighted by molar-refractivity contribution is 7.09. The third-order valence-corrected chi connectivity index (χ3v) is 4.80. The Morgan fingerprint density at radius 1 is 1.68 bits per heavy atom. The van der Waals surface area contributed by atoms with Gasteiger partial charge in [-0.1, -0.05) is 20.3 Å². The average Bonchev–Trinajstić information content (AvgIpc) is 3.07. The minimum absolute atomic E-state index is 0.162. The lowest BCUT2D eigenvalue weighted by atomic mass is 9.90. The van der Waals surface area contributed by atoms with E-state index in [1.165, 1.54) is 0 Å². The number of amides is 1. The van der Waals surface area contributed by atoms with E-state index in [0.29, 0.717) is 6.54 Å². The largest absolute Gasteiger partial charge is 0.354 e. The summed E-state index contributed by atoms with van der Waals surface area (Å²) in [6.45, 7) is 5.86. The summed E-state index contributed by atoms with van der Waals surface area (Å²) in [4.78, 5) is 16.7. The predicted molar refractivity (Wildman–Crippen MR) is 78.4 cm³/mol. The van der Waals surface area contributed by atoms with Crippen molar-refractivity contribution < 1.29 is 4.79 Å². The highest BCUT2D eigenvalue weighted by Crippen LogP contribution is 2.25. The molecule has 0 aromatic carbocycles. The Labute approximate surface area is 119 Å². The van der Waals surface area contributed by atoms with Crippen molar-refractivity contribution in [1.29, 1.82) is 0 Å². The topological polar surface area (TPSA) is 54.0 Å². The van der Waals surface area contributed by atoms with Gasteiger partial charge in [0.25, 0.3) is 0 Å². The molecule has 0 spiro atoms. The van der Waals surface area contributed by atoms with Crippen LogP contribution < -0.4 is 10.6 Å². The molecular weight excluding hydrogens is 258 g/mol. The summed E-state index contributed by atoms with van der Waals surface area (Å²) in [6.07, 6.45) is 5.82. The third kappa shape index (κ3) is 3.34. The molecule has 0 aliphatic carbocycles. The second-order valence-electron chi connectivity index (χ2n) is 5.34. The van der Waals surface area contributed by atoms with Crippen LogP contribution in [0.3, 0.4) is 0 Å². The molecule has 106 valence electrons. The zero-order chi connectivity index (χ0) is 13.7. The van der Waals surface area contributed by atoms with E-state index in [2.05, 4.69) is 29.5 Å². The smallest absolute Gasteiger partial charge is 0.240 e. The Morgan fingerprint density at radius 2 is 2.53 bits per heavy atom. The van der Waals surface area contributed by atoms with Gasteiger partial charge in [0.1, 0.15) is 0 Å². The maximum Gasteiger partial charge on any atom is 0.240 e. The Bertz CT molecular complexity index is 399. The van der Waals surface area contributed by atoms with E-state index in [0.717, 1.165) is 37.2 Å². The van der Waals surface area contributed by atoms with E-state index >= 15 is 0 Å². The monoisotopic (exact) mass is 281 g/mol. The standard InChI is InChI=1S/C14H23N3OS/c1-3-5-14(6-4-7-17-14)13(18)16-10-11(2)12-15-8-9-19-12/h8-9,11,17H,3-7,10H2,1-2H3,(H,16,18). The number of carbonyl (C=O) groups is 1.